The molecule has 0 saturated carbocycles. The van der Waals surface area contributed by atoms with Gasteiger partial charge in [-0.05, 0) is 42.6 Å². The van der Waals surface area contributed by atoms with Gasteiger partial charge >= 0.3 is 0 Å². The van der Waals surface area contributed by atoms with Gasteiger partial charge in [-0.25, -0.2) is 13.1 Å². The van der Waals surface area contributed by atoms with Gasteiger partial charge in [0.25, 0.3) is 0 Å². The molecule has 3 rings (SSSR count). The molecule has 1 aliphatic heterocycles. The van der Waals surface area contributed by atoms with Crippen LogP contribution < -0.4 is 14.4 Å². The van der Waals surface area contributed by atoms with Crippen molar-refractivity contribution >= 4 is 33.0 Å². The van der Waals surface area contributed by atoms with Crippen LogP contribution in [0.3, 0.4) is 0 Å². The van der Waals surface area contributed by atoms with Crippen molar-refractivity contribution in [3.8, 4) is 5.75 Å². The van der Waals surface area contributed by atoms with Gasteiger partial charge in [0.2, 0.25) is 15.9 Å². The normalized spacial score (nSPS) is 18.1. The Bertz CT molecular complexity index is 801. The molecule has 1 fully saturated rings. The summed E-state index contributed by atoms with van der Waals surface area (Å²) >= 11 is 1.15. The number of sulfonamides is 1. The maximum Gasteiger partial charge on any atom is 0.250 e. The highest BCUT2D eigenvalue weighted by Crippen LogP contribution is 2.25. The number of carbonyl (C=O) groups is 1. The fourth-order valence-corrected chi connectivity index (χ4v) is 4.86. The zero-order valence-electron chi connectivity index (χ0n) is 13.1. The molecule has 24 heavy (non-hydrogen) atoms. The Kier molecular flexibility index (Phi) is 4.88. The number of rotatable bonds is 6. The van der Waals surface area contributed by atoms with Crippen molar-refractivity contribution in [3.05, 3.63) is 41.8 Å². The quantitative estimate of drug-likeness (QED) is 0.851. The molecule has 0 bridgehead atoms. The molecule has 128 valence electrons. The molecule has 1 aromatic heterocycles. The highest BCUT2D eigenvalue weighted by molar-refractivity contribution is 7.91. The molecule has 2 aromatic rings. The molecular weight excluding hydrogens is 348 g/mol. The SMILES string of the molecule is CCOc1ccc(N2C[C@H](NS(=O)(=O)c3cccs3)CC2=O)cc1. The lowest BCUT2D eigenvalue weighted by atomic mass is 10.3. The summed E-state index contributed by atoms with van der Waals surface area (Å²) in [5.41, 5.74) is 0.737. The van der Waals surface area contributed by atoms with E-state index in [9.17, 15) is 13.2 Å². The van der Waals surface area contributed by atoms with Gasteiger partial charge in [0.1, 0.15) is 9.96 Å². The summed E-state index contributed by atoms with van der Waals surface area (Å²) in [6.07, 6.45) is 0.151. The first-order valence-electron chi connectivity index (χ1n) is 7.58. The molecule has 0 unspecified atom stereocenters. The van der Waals surface area contributed by atoms with E-state index in [1.165, 1.54) is 0 Å². The number of hydrogen-bond donors (Lipinski definition) is 1. The van der Waals surface area contributed by atoms with Crippen LogP contribution in [0.2, 0.25) is 0 Å². The van der Waals surface area contributed by atoms with E-state index >= 15 is 0 Å². The van der Waals surface area contributed by atoms with Crippen LogP contribution in [0.5, 0.6) is 5.75 Å². The number of benzene rings is 1. The van der Waals surface area contributed by atoms with E-state index in [4.69, 9.17) is 4.74 Å². The second-order valence-electron chi connectivity index (χ2n) is 5.39. The monoisotopic (exact) mass is 366 g/mol. The smallest absolute Gasteiger partial charge is 0.250 e. The first-order valence-corrected chi connectivity index (χ1v) is 9.95. The molecule has 1 aromatic carbocycles. The van der Waals surface area contributed by atoms with E-state index < -0.39 is 16.1 Å². The standard InChI is InChI=1S/C16H18N2O4S2/c1-2-22-14-7-5-13(6-8-14)18-11-12(10-15(18)19)17-24(20,21)16-4-3-9-23-16/h3-9,12,17H,2,10-11H2,1H3/t12-/m1/s1. The Balaban J connectivity index is 1.69. The first-order chi connectivity index (χ1) is 11.5. The Hall–Kier alpha value is -1.90. The molecule has 1 N–H and O–H groups in total. The van der Waals surface area contributed by atoms with Gasteiger partial charge in [0, 0.05) is 24.7 Å². The number of anilines is 1. The van der Waals surface area contributed by atoms with Crippen molar-refractivity contribution in [1.29, 1.82) is 0 Å². The van der Waals surface area contributed by atoms with Crippen molar-refractivity contribution in [1.82, 2.24) is 4.72 Å². The minimum atomic E-state index is -3.57. The lowest BCUT2D eigenvalue weighted by Crippen LogP contribution is -2.36. The van der Waals surface area contributed by atoms with Crippen LogP contribution in [0.4, 0.5) is 5.69 Å². The zero-order chi connectivity index (χ0) is 17.2. The van der Waals surface area contributed by atoms with Gasteiger partial charge in [-0.2, -0.15) is 0 Å². The molecule has 8 heteroatoms. The number of nitrogens with one attached hydrogen (secondary N) is 1. The van der Waals surface area contributed by atoms with E-state index in [2.05, 4.69) is 4.72 Å². The average Bonchev–Trinajstić information content (AvgIpc) is 3.18. The van der Waals surface area contributed by atoms with Crippen molar-refractivity contribution in [2.75, 3.05) is 18.1 Å². The average molecular weight is 366 g/mol. The van der Waals surface area contributed by atoms with E-state index in [1.807, 2.05) is 6.92 Å². The van der Waals surface area contributed by atoms with E-state index in [1.54, 1.807) is 46.7 Å². The summed E-state index contributed by atoms with van der Waals surface area (Å²) in [5, 5.41) is 1.71. The van der Waals surface area contributed by atoms with Gasteiger partial charge < -0.3 is 9.64 Å². The largest absolute Gasteiger partial charge is 0.494 e. The Morgan fingerprint density at radius 3 is 2.67 bits per heavy atom. The lowest BCUT2D eigenvalue weighted by molar-refractivity contribution is -0.117. The second-order valence-corrected chi connectivity index (χ2v) is 8.27. The summed E-state index contributed by atoms with van der Waals surface area (Å²) in [6.45, 7) is 2.80. The number of amides is 1. The minimum Gasteiger partial charge on any atom is -0.494 e. The zero-order valence-corrected chi connectivity index (χ0v) is 14.8. The molecule has 1 aliphatic rings. The highest BCUT2D eigenvalue weighted by atomic mass is 32.2. The van der Waals surface area contributed by atoms with Gasteiger partial charge in [-0.1, -0.05) is 6.07 Å². The molecule has 0 aliphatic carbocycles. The van der Waals surface area contributed by atoms with Gasteiger partial charge in [0.05, 0.1) is 6.61 Å². The van der Waals surface area contributed by atoms with Crippen LogP contribution in [0.15, 0.2) is 46.0 Å². The molecular formula is C16H18N2O4S2. The highest BCUT2D eigenvalue weighted by Gasteiger charge is 2.33. The lowest BCUT2D eigenvalue weighted by Gasteiger charge is -2.17. The van der Waals surface area contributed by atoms with Crippen molar-refractivity contribution < 1.29 is 17.9 Å². The van der Waals surface area contributed by atoms with Crippen LogP contribution in [-0.2, 0) is 14.8 Å². The maximum atomic E-state index is 12.3. The summed E-state index contributed by atoms with van der Waals surface area (Å²) in [6, 6.07) is 10.0. The van der Waals surface area contributed by atoms with Crippen LogP contribution in [0.1, 0.15) is 13.3 Å². The maximum absolute atomic E-state index is 12.3. The Morgan fingerprint density at radius 1 is 1.29 bits per heavy atom. The number of thiophene rings is 1. The van der Waals surface area contributed by atoms with Crippen LogP contribution in [-0.4, -0.2) is 33.5 Å². The fraction of sp³-hybridized carbons (Fsp3) is 0.312. The Labute approximate surface area is 145 Å². The third kappa shape index (κ3) is 3.61. The van der Waals surface area contributed by atoms with Gasteiger partial charge in [0.15, 0.2) is 0 Å². The third-order valence-corrected chi connectivity index (χ3v) is 6.58. The first kappa shape index (κ1) is 16.9. The van der Waals surface area contributed by atoms with Crippen molar-refractivity contribution in [2.45, 2.75) is 23.6 Å². The number of ether oxygens (including phenoxy) is 1. The molecule has 1 atom stereocenters. The van der Waals surface area contributed by atoms with E-state index in [0.29, 0.717) is 13.2 Å². The molecule has 2 heterocycles. The van der Waals surface area contributed by atoms with Gasteiger partial charge in [-0.3, -0.25) is 4.79 Å². The van der Waals surface area contributed by atoms with E-state index in [0.717, 1.165) is 22.8 Å². The molecule has 1 amide bonds. The number of hydrogen-bond acceptors (Lipinski definition) is 5. The van der Waals surface area contributed by atoms with Crippen LogP contribution >= 0.6 is 11.3 Å². The summed E-state index contributed by atoms with van der Waals surface area (Å²) in [4.78, 5) is 13.8. The minimum absolute atomic E-state index is 0.0990. The van der Waals surface area contributed by atoms with E-state index in [-0.39, 0.29) is 16.5 Å². The Morgan fingerprint density at radius 2 is 2.04 bits per heavy atom. The molecule has 6 nitrogen and oxygen atoms in total. The number of carbonyl (C=O) groups excluding carboxylic acids is 1. The van der Waals surface area contributed by atoms with Crippen molar-refractivity contribution in [3.63, 3.8) is 0 Å². The van der Waals surface area contributed by atoms with Gasteiger partial charge in [-0.15, -0.1) is 11.3 Å². The van der Waals surface area contributed by atoms with Crippen molar-refractivity contribution in [2.24, 2.45) is 0 Å². The van der Waals surface area contributed by atoms with Crippen LogP contribution in [0, 0.1) is 0 Å². The molecule has 1 saturated heterocycles. The molecule has 0 radical (unpaired) electrons. The molecule has 0 spiro atoms. The summed E-state index contributed by atoms with van der Waals surface area (Å²) in [7, 11) is -3.57. The topological polar surface area (TPSA) is 75.7 Å². The predicted molar refractivity (Wildman–Crippen MR) is 93.0 cm³/mol. The predicted octanol–water partition coefficient (Wildman–Crippen LogP) is 2.23. The third-order valence-electron chi connectivity index (χ3n) is 3.67. The summed E-state index contributed by atoms with van der Waals surface area (Å²) in [5.74, 6) is 0.640. The number of nitrogens with zero attached hydrogens (tertiary/aromatic N) is 1. The second kappa shape index (κ2) is 6.92. The fourth-order valence-electron chi connectivity index (χ4n) is 2.62. The van der Waals surface area contributed by atoms with Crippen LogP contribution in [0.25, 0.3) is 0 Å². The summed E-state index contributed by atoms with van der Waals surface area (Å²) < 4.78 is 32.8.